The summed E-state index contributed by atoms with van der Waals surface area (Å²) in [4.78, 5) is 17.5. The molecule has 1 saturated heterocycles. The van der Waals surface area contributed by atoms with E-state index >= 15 is 0 Å². The van der Waals surface area contributed by atoms with E-state index in [1.165, 1.54) is 11.8 Å². The highest BCUT2D eigenvalue weighted by atomic mass is 35.5. The molecule has 0 bridgehead atoms. The highest BCUT2D eigenvalue weighted by Crippen LogP contribution is 2.33. The number of carbonyl (C=O) groups is 1. The van der Waals surface area contributed by atoms with Crippen LogP contribution in [0.1, 0.15) is 11.3 Å². The molecular weight excluding hydrogens is 366 g/mol. The zero-order valence-corrected chi connectivity index (χ0v) is 15.9. The molecule has 1 aliphatic heterocycles. The maximum absolute atomic E-state index is 12.4. The Bertz CT molecular complexity index is 1100. The summed E-state index contributed by atoms with van der Waals surface area (Å²) >= 11 is 7.47. The number of hydrogen-bond acceptors (Lipinski definition) is 3. The third-order valence-electron chi connectivity index (χ3n) is 4.45. The summed E-state index contributed by atoms with van der Waals surface area (Å²) in [5.41, 5.74) is 3.95. The van der Waals surface area contributed by atoms with Crippen molar-refractivity contribution in [1.82, 2.24) is 9.88 Å². The summed E-state index contributed by atoms with van der Waals surface area (Å²) in [5, 5.41) is 5.03. The number of carbonyl (C=O) groups excluding carboxylic acids is 1. The molecule has 1 fully saturated rings. The Kier molecular flexibility index (Phi) is 4.34. The smallest absolute Gasteiger partial charge is 0.264 e. The summed E-state index contributed by atoms with van der Waals surface area (Å²) in [6, 6.07) is 15.5. The van der Waals surface area contributed by atoms with Gasteiger partial charge in [0, 0.05) is 29.2 Å². The fourth-order valence-electron chi connectivity index (χ4n) is 3.00. The van der Waals surface area contributed by atoms with Crippen molar-refractivity contribution in [3.05, 3.63) is 69.7 Å². The highest BCUT2D eigenvalue weighted by Gasteiger charge is 2.25. The van der Waals surface area contributed by atoms with Crippen LogP contribution in [0, 0.1) is 6.92 Å². The van der Waals surface area contributed by atoms with Crippen LogP contribution in [0.2, 0.25) is 5.02 Å². The molecule has 6 heteroatoms. The number of halogens is 1. The first kappa shape index (κ1) is 16.9. The third kappa shape index (κ3) is 2.93. The van der Waals surface area contributed by atoms with Crippen molar-refractivity contribution in [1.29, 1.82) is 0 Å². The van der Waals surface area contributed by atoms with Crippen LogP contribution in [0.15, 0.2) is 58.4 Å². The van der Waals surface area contributed by atoms with Crippen LogP contribution >= 0.6 is 23.4 Å². The second kappa shape index (κ2) is 6.67. The van der Waals surface area contributed by atoms with Crippen LogP contribution in [-0.4, -0.2) is 15.6 Å². The van der Waals surface area contributed by atoms with E-state index in [-0.39, 0.29) is 5.91 Å². The predicted octanol–water partition coefficient (Wildman–Crippen LogP) is 5.03. The molecule has 3 aromatic rings. The summed E-state index contributed by atoms with van der Waals surface area (Å²) in [5.74, 6) is -0.145. The van der Waals surface area contributed by atoms with E-state index in [1.54, 1.807) is 6.07 Å². The number of amidine groups is 1. The Morgan fingerprint density at radius 2 is 1.88 bits per heavy atom. The molecule has 130 valence electrons. The predicted molar refractivity (Wildman–Crippen MR) is 110 cm³/mol. The van der Waals surface area contributed by atoms with Crippen molar-refractivity contribution >= 4 is 57.1 Å². The molecule has 1 N–H and O–H groups in total. The van der Waals surface area contributed by atoms with Gasteiger partial charge in [0.2, 0.25) is 0 Å². The first-order valence-electron chi connectivity index (χ1n) is 8.13. The van der Waals surface area contributed by atoms with Gasteiger partial charge in [-0.2, -0.15) is 0 Å². The molecule has 0 aliphatic carbocycles. The van der Waals surface area contributed by atoms with Crippen LogP contribution in [0.5, 0.6) is 0 Å². The number of fused-ring (bicyclic) bond motifs is 1. The van der Waals surface area contributed by atoms with Gasteiger partial charge in [-0.3, -0.25) is 4.79 Å². The van der Waals surface area contributed by atoms with Gasteiger partial charge in [-0.05, 0) is 43.0 Å². The van der Waals surface area contributed by atoms with Crippen molar-refractivity contribution in [2.45, 2.75) is 6.92 Å². The first-order chi connectivity index (χ1) is 12.5. The SMILES string of the molecule is Cc1c(C=C2SC(=Nc3ccccc3Cl)NC2=O)c2ccccc2n1C. The molecule has 4 rings (SSSR count). The maximum atomic E-state index is 12.4. The lowest BCUT2D eigenvalue weighted by Crippen LogP contribution is -2.19. The number of para-hydroxylation sites is 2. The van der Waals surface area contributed by atoms with Gasteiger partial charge < -0.3 is 9.88 Å². The lowest BCUT2D eigenvalue weighted by Gasteiger charge is -1.98. The van der Waals surface area contributed by atoms with E-state index < -0.39 is 0 Å². The molecule has 0 spiro atoms. The Morgan fingerprint density at radius 3 is 2.69 bits per heavy atom. The number of nitrogens with one attached hydrogen (secondary N) is 1. The number of hydrogen-bond donors (Lipinski definition) is 1. The van der Waals surface area contributed by atoms with Crippen LogP contribution in [0.4, 0.5) is 5.69 Å². The van der Waals surface area contributed by atoms with Crippen molar-refractivity contribution < 1.29 is 4.79 Å². The average Bonchev–Trinajstić information content (AvgIpc) is 3.10. The van der Waals surface area contributed by atoms with Gasteiger partial charge in [0.05, 0.1) is 15.6 Å². The third-order valence-corrected chi connectivity index (χ3v) is 5.68. The minimum atomic E-state index is -0.145. The minimum absolute atomic E-state index is 0.145. The Morgan fingerprint density at radius 1 is 1.15 bits per heavy atom. The first-order valence-corrected chi connectivity index (χ1v) is 9.32. The van der Waals surface area contributed by atoms with Gasteiger partial charge >= 0.3 is 0 Å². The summed E-state index contributed by atoms with van der Waals surface area (Å²) in [7, 11) is 2.03. The minimum Gasteiger partial charge on any atom is -0.347 e. The van der Waals surface area contributed by atoms with Crippen molar-refractivity contribution in [3.8, 4) is 0 Å². The quantitative estimate of drug-likeness (QED) is 0.632. The number of aryl methyl sites for hydroxylation is 1. The number of benzene rings is 2. The molecule has 2 aromatic carbocycles. The van der Waals surface area contributed by atoms with E-state index in [2.05, 4.69) is 33.9 Å². The van der Waals surface area contributed by atoms with Gasteiger partial charge in [0.1, 0.15) is 0 Å². The molecular formula is C20H16ClN3OS. The number of aromatic nitrogens is 1. The van der Waals surface area contributed by atoms with Crippen LogP contribution in [0.3, 0.4) is 0 Å². The van der Waals surface area contributed by atoms with E-state index in [4.69, 9.17) is 11.6 Å². The Hall–Kier alpha value is -2.50. The molecule has 26 heavy (non-hydrogen) atoms. The molecule has 2 heterocycles. The maximum Gasteiger partial charge on any atom is 0.264 e. The number of rotatable bonds is 2. The molecule has 1 aromatic heterocycles. The molecule has 0 unspecified atom stereocenters. The van der Waals surface area contributed by atoms with Crippen molar-refractivity contribution in [2.24, 2.45) is 12.0 Å². The second-order valence-electron chi connectivity index (χ2n) is 6.01. The van der Waals surface area contributed by atoms with Gasteiger partial charge in [-0.25, -0.2) is 4.99 Å². The van der Waals surface area contributed by atoms with Crippen molar-refractivity contribution in [3.63, 3.8) is 0 Å². The number of nitrogens with zero attached hydrogens (tertiary/aromatic N) is 2. The van der Waals surface area contributed by atoms with Gasteiger partial charge in [-0.1, -0.05) is 41.9 Å². The molecule has 0 radical (unpaired) electrons. The summed E-state index contributed by atoms with van der Waals surface area (Å²) in [6.45, 7) is 2.06. The summed E-state index contributed by atoms with van der Waals surface area (Å²) in [6.07, 6.45) is 1.94. The molecule has 4 nitrogen and oxygen atoms in total. The Labute approximate surface area is 160 Å². The van der Waals surface area contributed by atoms with Gasteiger partial charge in [0.15, 0.2) is 5.17 Å². The zero-order chi connectivity index (χ0) is 18.3. The van der Waals surface area contributed by atoms with E-state index in [0.29, 0.717) is 20.8 Å². The fourth-order valence-corrected chi connectivity index (χ4v) is 3.99. The fraction of sp³-hybridized carbons (Fsp3) is 0.100. The second-order valence-corrected chi connectivity index (χ2v) is 7.45. The van der Waals surface area contributed by atoms with E-state index in [0.717, 1.165) is 22.2 Å². The lowest BCUT2D eigenvalue weighted by molar-refractivity contribution is -0.115. The van der Waals surface area contributed by atoms with Gasteiger partial charge in [-0.15, -0.1) is 0 Å². The largest absolute Gasteiger partial charge is 0.347 e. The van der Waals surface area contributed by atoms with E-state index in [9.17, 15) is 4.79 Å². The number of amides is 1. The van der Waals surface area contributed by atoms with Gasteiger partial charge in [0.25, 0.3) is 5.91 Å². The highest BCUT2D eigenvalue weighted by molar-refractivity contribution is 8.18. The molecule has 0 atom stereocenters. The lowest BCUT2D eigenvalue weighted by atomic mass is 10.1. The number of thioether (sulfide) groups is 1. The normalized spacial score (nSPS) is 17.4. The van der Waals surface area contributed by atoms with Crippen LogP contribution in [0.25, 0.3) is 17.0 Å². The molecule has 0 saturated carbocycles. The average molecular weight is 382 g/mol. The van der Waals surface area contributed by atoms with Crippen LogP contribution < -0.4 is 5.32 Å². The van der Waals surface area contributed by atoms with Crippen molar-refractivity contribution in [2.75, 3.05) is 0 Å². The monoisotopic (exact) mass is 381 g/mol. The topological polar surface area (TPSA) is 46.4 Å². The van der Waals surface area contributed by atoms with E-state index in [1.807, 2.05) is 43.5 Å². The van der Waals surface area contributed by atoms with Crippen LogP contribution in [-0.2, 0) is 11.8 Å². The zero-order valence-electron chi connectivity index (χ0n) is 14.3. The standard InChI is InChI=1S/C20H16ClN3OS/c1-12-14(13-7-3-6-10-17(13)24(12)2)11-18-19(25)23-20(26-18)22-16-9-5-4-8-15(16)21/h3-11H,1-2H3,(H,22,23,25). The number of aliphatic imine (C=N–C) groups is 1. The summed E-state index contributed by atoms with van der Waals surface area (Å²) < 4.78 is 2.14. The molecule has 1 aliphatic rings. The Balaban J connectivity index is 1.73. The molecule has 1 amide bonds.